The van der Waals surface area contributed by atoms with E-state index in [4.69, 9.17) is 9.47 Å². The van der Waals surface area contributed by atoms with Crippen LogP contribution in [0.3, 0.4) is 0 Å². The van der Waals surface area contributed by atoms with Gasteiger partial charge in [-0.1, -0.05) is 109 Å². The number of methoxy groups -OCH3 is 1. The smallest absolute Gasteiger partial charge is 0.343 e. The molecule has 0 fully saturated rings. The normalized spacial score (nSPS) is 12.7. The van der Waals surface area contributed by atoms with Crippen molar-refractivity contribution >= 4 is 17.8 Å². The molecule has 0 bridgehead atoms. The predicted octanol–water partition coefficient (Wildman–Crippen LogP) is 6.05. The van der Waals surface area contributed by atoms with Crippen LogP contribution in [0.2, 0.25) is 0 Å². The van der Waals surface area contributed by atoms with Crippen LogP contribution in [0.5, 0.6) is 5.75 Å². The lowest BCUT2D eigenvalue weighted by atomic mass is 9.92. The van der Waals surface area contributed by atoms with Crippen molar-refractivity contribution < 1.29 is 24.2 Å². The van der Waals surface area contributed by atoms with Gasteiger partial charge in [0.15, 0.2) is 17.5 Å². The van der Waals surface area contributed by atoms with Crippen LogP contribution in [0.15, 0.2) is 121 Å². The Hall–Kier alpha value is -4.48. The van der Waals surface area contributed by atoms with E-state index in [-0.39, 0.29) is 0 Å². The summed E-state index contributed by atoms with van der Waals surface area (Å²) < 4.78 is 11.2. The number of aliphatic hydroxyl groups is 1. The summed E-state index contributed by atoms with van der Waals surface area (Å²) in [5, 5.41) is 11.6. The molecule has 1 N–H and O–H groups in total. The molecule has 0 amide bonds. The zero-order valence-electron chi connectivity index (χ0n) is 20.5. The Morgan fingerprint density at radius 1 is 0.811 bits per heavy atom. The number of carbonyl (C=O) groups is 2. The van der Waals surface area contributed by atoms with Crippen LogP contribution >= 0.6 is 0 Å². The first kappa shape index (κ1) is 25.6. The van der Waals surface area contributed by atoms with Crippen molar-refractivity contribution in [3.63, 3.8) is 0 Å². The first-order chi connectivity index (χ1) is 18.0. The number of rotatable bonds is 10. The van der Waals surface area contributed by atoms with E-state index in [0.29, 0.717) is 11.3 Å². The third kappa shape index (κ3) is 6.60. The summed E-state index contributed by atoms with van der Waals surface area (Å²) in [4.78, 5) is 26.8. The summed E-state index contributed by atoms with van der Waals surface area (Å²) in [6, 6.07) is 34.4. The molecule has 0 radical (unpaired) electrons. The van der Waals surface area contributed by atoms with E-state index in [2.05, 4.69) is 0 Å². The van der Waals surface area contributed by atoms with Crippen LogP contribution in [0.1, 0.15) is 39.6 Å². The van der Waals surface area contributed by atoms with Crippen molar-refractivity contribution in [3.05, 3.63) is 144 Å². The summed E-state index contributed by atoms with van der Waals surface area (Å²) in [5.74, 6) is -0.842. The van der Waals surface area contributed by atoms with Gasteiger partial charge in [0.25, 0.3) is 0 Å². The van der Waals surface area contributed by atoms with Gasteiger partial charge in [-0.25, -0.2) is 4.79 Å². The maximum atomic E-state index is 13.6. The second-order valence-corrected chi connectivity index (χ2v) is 8.61. The van der Waals surface area contributed by atoms with Gasteiger partial charge in [0.2, 0.25) is 0 Å². The van der Waals surface area contributed by atoms with Gasteiger partial charge >= 0.3 is 5.97 Å². The second-order valence-electron chi connectivity index (χ2n) is 8.61. The van der Waals surface area contributed by atoms with Crippen LogP contribution in [0, 0.1) is 0 Å². The Morgan fingerprint density at radius 3 is 1.95 bits per heavy atom. The van der Waals surface area contributed by atoms with Crippen molar-refractivity contribution in [2.24, 2.45) is 0 Å². The summed E-state index contributed by atoms with van der Waals surface area (Å²) in [7, 11) is 1.51. The first-order valence-electron chi connectivity index (χ1n) is 11.9. The standard InChI is InChI=1S/C32H28O5/c1-36-28-19-11-18-27(22-28)29(33)23-32(35,21-20-24-12-5-2-6-13-24)31(34)37-30(25-14-7-3-8-15-25)26-16-9-4-10-17-26/h2-22,30,35H,23H2,1H3/b21-20+/t32-/m1/s1. The quantitative estimate of drug-likeness (QED) is 0.216. The zero-order valence-corrected chi connectivity index (χ0v) is 20.5. The fourth-order valence-electron chi connectivity index (χ4n) is 3.93. The molecule has 0 aliphatic heterocycles. The predicted molar refractivity (Wildman–Crippen MR) is 143 cm³/mol. The molecule has 0 heterocycles. The number of hydrogen-bond donors (Lipinski definition) is 1. The molecule has 0 saturated heterocycles. The molecule has 0 spiro atoms. The summed E-state index contributed by atoms with van der Waals surface area (Å²) in [5.41, 5.74) is 0.371. The van der Waals surface area contributed by atoms with Gasteiger partial charge in [0.1, 0.15) is 5.75 Å². The maximum Gasteiger partial charge on any atom is 0.343 e. The monoisotopic (exact) mass is 492 g/mol. The van der Waals surface area contributed by atoms with Gasteiger partial charge in [0, 0.05) is 5.56 Å². The maximum absolute atomic E-state index is 13.6. The summed E-state index contributed by atoms with van der Waals surface area (Å²) in [6.45, 7) is 0. The molecule has 0 aromatic heterocycles. The second kappa shape index (κ2) is 12.0. The number of ketones is 1. The average Bonchev–Trinajstić information content (AvgIpc) is 2.96. The lowest BCUT2D eigenvalue weighted by molar-refractivity contribution is -0.164. The van der Waals surface area contributed by atoms with Crippen molar-refractivity contribution in [1.82, 2.24) is 0 Å². The van der Waals surface area contributed by atoms with E-state index < -0.39 is 29.9 Å². The molecule has 186 valence electrons. The zero-order chi connectivity index (χ0) is 26.1. The highest BCUT2D eigenvalue weighted by Crippen LogP contribution is 2.30. The summed E-state index contributed by atoms with van der Waals surface area (Å²) >= 11 is 0. The largest absolute Gasteiger partial charge is 0.497 e. The number of ether oxygens (including phenoxy) is 2. The molecule has 37 heavy (non-hydrogen) atoms. The lowest BCUT2D eigenvalue weighted by Gasteiger charge is -2.26. The van der Waals surface area contributed by atoms with Gasteiger partial charge < -0.3 is 14.6 Å². The van der Waals surface area contributed by atoms with Gasteiger partial charge in [-0.15, -0.1) is 0 Å². The Balaban J connectivity index is 1.68. The number of esters is 1. The average molecular weight is 493 g/mol. The van der Waals surface area contributed by atoms with E-state index in [1.54, 1.807) is 30.3 Å². The number of benzene rings is 4. The van der Waals surface area contributed by atoms with E-state index in [9.17, 15) is 14.7 Å². The van der Waals surface area contributed by atoms with Crippen LogP contribution in [-0.2, 0) is 9.53 Å². The molecular weight excluding hydrogens is 464 g/mol. The Morgan fingerprint density at radius 2 is 1.38 bits per heavy atom. The van der Waals surface area contributed by atoms with Crippen molar-refractivity contribution in [1.29, 1.82) is 0 Å². The van der Waals surface area contributed by atoms with Crippen LogP contribution in [0.4, 0.5) is 0 Å². The Bertz CT molecular complexity index is 1310. The minimum atomic E-state index is -2.21. The molecule has 0 saturated carbocycles. The topological polar surface area (TPSA) is 72.8 Å². The van der Waals surface area contributed by atoms with Crippen molar-refractivity contribution in [2.45, 2.75) is 18.1 Å². The van der Waals surface area contributed by atoms with Crippen LogP contribution < -0.4 is 4.74 Å². The van der Waals surface area contributed by atoms with Gasteiger partial charge in [-0.05, 0) is 34.9 Å². The molecule has 0 aliphatic rings. The minimum Gasteiger partial charge on any atom is -0.497 e. The fraction of sp³-hybridized carbons (Fsp3) is 0.125. The van der Waals surface area contributed by atoms with E-state index in [1.807, 2.05) is 91.0 Å². The van der Waals surface area contributed by atoms with Crippen LogP contribution in [0.25, 0.3) is 6.08 Å². The SMILES string of the molecule is COc1cccc(C(=O)C[C@](O)(/C=C/c2ccccc2)C(=O)OC(c2ccccc2)c2ccccc2)c1. The molecule has 5 heteroatoms. The Labute approximate surface area is 216 Å². The lowest BCUT2D eigenvalue weighted by Crippen LogP contribution is -2.41. The number of Topliss-reactive ketones (excluding diaryl/α,β-unsaturated/α-hetero) is 1. The van der Waals surface area contributed by atoms with E-state index in [0.717, 1.165) is 16.7 Å². The van der Waals surface area contributed by atoms with E-state index in [1.165, 1.54) is 13.2 Å². The highest BCUT2D eigenvalue weighted by molar-refractivity contribution is 6.01. The summed E-state index contributed by atoms with van der Waals surface area (Å²) in [6.07, 6.45) is 1.67. The van der Waals surface area contributed by atoms with Gasteiger partial charge in [0.05, 0.1) is 13.5 Å². The first-order valence-corrected chi connectivity index (χ1v) is 11.9. The fourth-order valence-corrected chi connectivity index (χ4v) is 3.93. The molecule has 1 atom stereocenters. The van der Waals surface area contributed by atoms with Gasteiger partial charge in [-0.2, -0.15) is 0 Å². The molecule has 4 aromatic rings. The minimum absolute atomic E-state index is 0.321. The highest BCUT2D eigenvalue weighted by Gasteiger charge is 2.39. The molecule has 0 unspecified atom stereocenters. The number of hydrogen-bond acceptors (Lipinski definition) is 5. The van der Waals surface area contributed by atoms with Crippen LogP contribution in [-0.4, -0.2) is 29.6 Å². The molecule has 5 nitrogen and oxygen atoms in total. The molecule has 4 aromatic carbocycles. The number of carbonyl (C=O) groups excluding carboxylic acids is 2. The van der Waals surface area contributed by atoms with Gasteiger partial charge in [-0.3, -0.25) is 4.79 Å². The van der Waals surface area contributed by atoms with E-state index >= 15 is 0 Å². The third-order valence-corrected chi connectivity index (χ3v) is 5.96. The third-order valence-electron chi connectivity index (χ3n) is 5.96. The van der Waals surface area contributed by atoms with Crippen molar-refractivity contribution in [3.8, 4) is 5.75 Å². The Kier molecular flexibility index (Phi) is 8.29. The molecule has 0 aliphatic carbocycles. The molecule has 4 rings (SSSR count). The van der Waals surface area contributed by atoms with Crippen molar-refractivity contribution in [2.75, 3.05) is 7.11 Å². The highest BCUT2D eigenvalue weighted by atomic mass is 16.6. The molecular formula is C32H28O5.